The second kappa shape index (κ2) is 7.56. The molecule has 0 aliphatic carbocycles. The predicted molar refractivity (Wildman–Crippen MR) is 84.2 cm³/mol. The van der Waals surface area contributed by atoms with E-state index < -0.39 is 0 Å². The first kappa shape index (κ1) is 16.0. The summed E-state index contributed by atoms with van der Waals surface area (Å²) in [6, 6.07) is 4.03. The van der Waals surface area contributed by atoms with Crippen molar-refractivity contribution in [3.8, 4) is 0 Å². The lowest BCUT2D eigenvalue weighted by molar-refractivity contribution is -0.127. The van der Waals surface area contributed by atoms with Gasteiger partial charge in [0.2, 0.25) is 11.1 Å². The fraction of sp³-hybridized carbons (Fsp3) is 0.538. The lowest BCUT2D eigenvalue weighted by Crippen LogP contribution is -2.27. The fourth-order valence-electron chi connectivity index (χ4n) is 1.72. The van der Waals surface area contributed by atoms with Gasteiger partial charge in [-0.25, -0.2) is 4.68 Å². The second-order valence-corrected chi connectivity index (χ2v) is 7.13. The molecule has 6 nitrogen and oxygen atoms in total. The molecule has 0 unspecified atom stereocenters. The molecule has 0 aliphatic rings. The van der Waals surface area contributed by atoms with Crippen LogP contribution < -0.4 is 0 Å². The van der Waals surface area contributed by atoms with Crippen LogP contribution in [0.15, 0.2) is 22.7 Å². The van der Waals surface area contributed by atoms with E-state index in [9.17, 15) is 4.79 Å². The average Bonchev–Trinajstić information content (AvgIpc) is 3.07. The Labute approximate surface area is 132 Å². The molecule has 0 radical (unpaired) electrons. The monoisotopic (exact) mass is 325 g/mol. The molecule has 0 atom stereocenters. The van der Waals surface area contributed by atoms with E-state index in [4.69, 9.17) is 0 Å². The second-order valence-electron chi connectivity index (χ2n) is 5.16. The number of hydrogen-bond acceptors (Lipinski definition) is 6. The molecule has 0 aromatic carbocycles. The van der Waals surface area contributed by atoms with Gasteiger partial charge >= 0.3 is 0 Å². The van der Waals surface area contributed by atoms with Gasteiger partial charge in [0.15, 0.2) is 0 Å². The van der Waals surface area contributed by atoms with Crippen molar-refractivity contribution in [2.24, 2.45) is 5.92 Å². The first-order valence-corrected chi connectivity index (χ1v) is 8.58. The van der Waals surface area contributed by atoms with Gasteiger partial charge < -0.3 is 4.90 Å². The highest BCUT2D eigenvalue weighted by Crippen LogP contribution is 2.17. The van der Waals surface area contributed by atoms with Crippen molar-refractivity contribution < 1.29 is 4.79 Å². The molecule has 0 N–H and O–H groups in total. The minimum absolute atomic E-state index is 0.0764. The lowest BCUT2D eigenvalue weighted by Gasteiger charge is -2.15. The van der Waals surface area contributed by atoms with Crippen molar-refractivity contribution in [3.63, 3.8) is 0 Å². The quantitative estimate of drug-likeness (QED) is 0.730. The van der Waals surface area contributed by atoms with Gasteiger partial charge in [0.05, 0.1) is 12.3 Å². The highest BCUT2D eigenvalue weighted by Gasteiger charge is 2.14. The van der Waals surface area contributed by atoms with E-state index in [1.807, 2.05) is 24.6 Å². The summed E-state index contributed by atoms with van der Waals surface area (Å²) in [5, 5.41) is 14.3. The third-order valence-electron chi connectivity index (χ3n) is 2.76. The Morgan fingerprint density at radius 2 is 2.33 bits per heavy atom. The zero-order valence-electron chi connectivity index (χ0n) is 12.4. The van der Waals surface area contributed by atoms with Gasteiger partial charge in [0.25, 0.3) is 0 Å². The van der Waals surface area contributed by atoms with Gasteiger partial charge in [-0.1, -0.05) is 31.7 Å². The zero-order valence-corrected chi connectivity index (χ0v) is 14.0. The smallest absolute Gasteiger partial charge is 0.233 e. The van der Waals surface area contributed by atoms with E-state index in [-0.39, 0.29) is 5.91 Å². The summed E-state index contributed by atoms with van der Waals surface area (Å²) in [7, 11) is 1.82. The minimum Gasteiger partial charge on any atom is -0.340 e. The van der Waals surface area contributed by atoms with Crippen molar-refractivity contribution >= 4 is 29.0 Å². The fourth-order valence-corrected chi connectivity index (χ4v) is 3.31. The van der Waals surface area contributed by atoms with Crippen LogP contribution in [0.4, 0.5) is 0 Å². The van der Waals surface area contributed by atoms with Crippen molar-refractivity contribution in [2.45, 2.75) is 32.1 Å². The number of amides is 1. The molecule has 2 aromatic heterocycles. The molecule has 21 heavy (non-hydrogen) atoms. The van der Waals surface area contributed by atoms with Crippen LogP contribution in [0, 0.1) is 5.92 Å². The Morgan fingerprint density at radius 1 is 1.52 bits per heavy atom. The molecule has 2 rings (SSSR count). The zero-order chi connectivity index (χ0) is 15.2. The molecule has 0 saturated carbocycles. The van der Waals surface area contributed by atoms with E-state index >= 15 is 0 Å². The third-order valence-corrected chi connectivity index (χ3v) is 4.56. The van der Waals surface area contributed by atoms with Crippen molar-refractivity contribution in [1.82, 2.24) is 25.1 Å². The predicted octanol–water partition coefficient (Wildman–Crippen LogP) is 2.14. The van der Waals surface area contributed by atoms with Crippen LogP contribution in [0.3, 0.4) is 0 Å². The number of tetrazole rings is 1. The Hall–Kier alpha value is -1.41. The maximum atomic E-state index is 12.1. The maximum Gasteiger partial charge on any atom is 0.233 e. The van der Waals surface area contributed by atoms with Gasteiger partial charge in [-0.2, -0.15) is 0 Å². The molecule has 8 heteroatoms. The summed E-state index contributed by atoms with van der Waals surface area (Å²) in [6.45, 7) is 5.62. The molecule has 114 valence electrons. The van der Waals surface area contributed by atoms with Crippen molar-refractivity contribution in [1.29, 1.82) is 0 Å². The van der Waals surface area contributed by atoms with Crippen molar-refractivity contribution in [2.75, 3.05) is 12.8 Å². The van der Waals surface area contributed by atoms with Crippen LogP contribution in [0.25, 0.3) is 0 Å². The molecule has 2 aromatic rings. The maximum absolute atomic E-state index is 12.1. The van der Waals surface area contributed by atoms with Crippen LogP contribution in [0.1, 0.15) is 18.7 Å². The van der Waals surface area contributed by atoms with Crippen LogP contribution in [0.2, 0.25) is 0 Å². The van der Waals surface area contributed by atoms with E-state index in [2.05, 4.69) is 29.4 Å². The average molecular weight is 325 g/mol. The third kappa shape index (κ3) is 4.82. The van der Waals surface area contributed by atoms with Gasteiger partial charge in [0.1, 0.15) is 0 Å². The highest BCUT2D eigenvalue weighted by molar-refractivity contribution is 7.99. The first-order valence-electron chi connectivity index (χ1n) is 6.71. The molecule has 0 spiro atoms. The number of thiophene rings is 1. The van der Waals surface area contributed by atoms with Crippen LogP contribution >= 0.6 is 23.1 Å². The summed E-state index contributed by atoms with van der Waals surface area (Å²) in [5.41, 5.74) is 0. The number of carbonyl (C=O) groups is 1. The Kier molecular flexibility index (Phi) is 5.75. The number of hydrogen-bond donors (Lipinski definition) is 0. The number of aromatic nitrogens is 4. The normalized spacial score (nSPS) is 11.0. The van der Waals surface area contributed by atoms with Crippen LogP contribution in [-0.2, 0) is 17.9 Å². The molecule has 2 heterocycles. The van der Waals surface area contributed by atoms with Gasteiger partial charge in [-0.05, 0) is 27.8 Å². The largest absolute Gasteiger partial charge is 0.340 e. The van der Waals surface area contributed by atoms with Crippen LogP contribution in [0.5, 0.6) is 0 Å². The summed E-state index contributed by atoms with van der Waals surface area (Å²) < 4.78 is 1.75. The number of nitrogens with zero attached hydrogens (tertiary/aromatic N) is 5. The summed E-state index contributed by atoms with van der Waals surface area (Å²) in [5.74, 6) is 0.887. The molecule has 0 saturated heterocycles. The molecule has 0 aliphatic heterocycles. The van der Waals surface area contributed by atoms with Crippen LogP contribution in [-0.4, -0.2) is 43.8 Å². The summed E-state index contributed by atoms with van der Waals surface area (Å²) in [6.07, 6.45) is 0. The number of thioether (sulfide) groups is 1. The van der Waals surface area contributed by atoms with Gasteiger partial charge in [-0.15, -0.1) is 16.4 Å². The highest BCUT2D eigenvalue weighted by atomic mass is 32.2. The Morgan fingerprint density at radius 3 is 3.00 bits per heavy atom. The molecule has 0 fully saturated rings. The topological polar surface area (TPSA) is 63.9 Å². The van der Waals surface area contributed by atoms with Gasteiger partial charge in [0, 0.05) is 18.5 Å². The van der Waals surface area contributed by atoms with Crippen molar-refractivity contribution in [3.05, 3.63) is 22.4 Å². The molecule has 0 bridgehead atoms. The summed E-state index contributed by atoms with van der Waals surface area (Å²) >= 11 is 3.04. The standard InChI is InChI=1S/C13H19N5OS2/c1-10(2)7-18-13(14-15-16-18)21-9-12(19)17(3)8-11-5-4-6-20-11/h4-6,10H,7-9H2,1-3H3. The van der Waals surface area contributed by atoms with E-state index in [0.717, 1.165) is 6.54 Å². The van der Waals surface area contributed by atoms with E-state index in [0.29, 0.717) is 23.4 Å². The molecular formula is C13H19N5OS2. The lowest BCUT2D eigenvalue weighted by atomic mass is 10.2. The molecule has 1 amide bonds. The SMILES string of the molecule is CC(C)Cn1nnnc1SCC(=O)N(C)Cc1cccs1. The minimum atomic E-state index is 0.0764. The van der Waals surface area contributed by atoms with E-state index in [1.165, 1.54) is 16.6 Å². The first-order chi connectivity index (χ1) is 10.1. The number of rotatable bonds is 7. The Bertz CT molecular complexity index is 567. The van der Waals surface area contributed by atoms with E-state index in [1.54, 1.807) is 20.9 Å². The Balaban J connectivity index is 1.84. The number of carbonyl (C=O) groups excluding carboxylic acids is 1. The van der Waals surface area contributed by atoms with Gasteiger partial charge in [-0.3, -0.25) is 4.79 Å². The summed E-state index contributed by atoms with van der Waals surface area (Å²) in [4.78, 5) is 15.0. The molecular weight excluding hydrogens is 306 g/mol.